The fraction of sp³-hybridized carbons (Fsp3) is 0.312. The molecule has 39 heavy (non-hydrogen) atoms. The van der Waals surface area contributed by atoms with Gasteiger partial charge in [-0.05, 0) is 79.4 Å². The molecular weight excluding hydrogens is 491 g/mol. The first-order valence-electron chi connectivity index (χ1n) is 13.4. The summed E-state index contributed by atoms with van der Waals surface area (Å²) in [5.41, 5.74) is 4.73. The van der Waals surface area contributed by atoms with E-state index in [9.17, 15) is 14.0 Å². The number of aromatic nitrogens is 1. The normalized spacial score (nSPS) is 17.8. The number of allylic oxidation sites excluding steroid dienone is 1. The highest BCUT2D eigenvalue weighted by molar-refractivity contribution is 6.17. The molecule has 1 N–H and O–H groups in total. The molecular formula is C32H33FN4O2. The van der Waals surface area contributed by atoms with Gasteiger partial charge in [-0.25, -0.2) is 9.37 Å². The summed E-state index contributed by atoms with van der Waals surface area (Å²) < 4.78 is 14.7. The lowest BCUT2D eigenvalue weighted by atomic mass is 9.96. The summed E-state index contributed by atoms with van der Waals surface area (Å²) in [4.78, 5) is 36.7. The van der Waals surface area contributed by atoms with Crippen LogP contribution < -0.4 is 5.32 Å². The summed E-state index contributed by atoms with van der Waals surface area (Å²) in [5.74, 6) is 0.195. The Morgan fingerprint density at radius 1 is 1.13 bits per heavy atom. The molecule has 3 heterocycles. The van der Waals surface area contributed by atoms with Gasteiger partial charge < -0.3 is 5.32 Å². The second-order valence-corrected chi connectivity index (χ2v) is 10.6. The van der Waals surface area contributed by atoms with E-state index in [1.165, 1.54) is 12.5 Å². The molecule has 7 heteroatoms. The molecule has 6 nitrogen and oxygen atoms in total. The number of rotatable bonds is 8. The number of halogens is 1. The predicted molar refractivity (Wildman–Crippen MR) is 152 cm³/mol. The maximum Gasteiger partial charge on any atom is 0.200 e. The van der Waals surface area contributed by atoms with Crippen LogP contribution in [-0.2, 0) is 11.2 Å². The van der Waals surface area contributed by atoms with Crippen LogP contribution >= 0.6 is 0 Å². The number of aliphatic imine (C=N–C) groups is 1. The van der Waals surface area contributed by atoms with Gasteiger partial charge in [-0.15, -0.1) is 0 Å². The van der Waals surface area contributed by atoms with Gasteiger partial charge in [0.15, 0.2) is 11.6 Å². The molecule has 0 amide bonds. The van der Waals surface area contributed by atoms with E-state index < -0.39 is 5.82 Å². The highest BCUT2D eigenvalue weighted by Gasteiger charge is 2.23. The quantitative estimate of drug-likeness (QED) is 0.371. The Morgan fingerprint density at radius 3 is 2.59 bits per heavy atom. The van der Waals surface area contributed by atoms with Gasteiger partial charge in [0.25, 0.3) is 0 Å². The molecule has 1 aromatic heterocycles. The standard InChI is InChI=1S/C32H33FN4O2/c1-20(2)21-6-8-22(9-7-21)30(38)16-25-15-23(10-12-26(25)33)27-17-28(31(39)19-34-27)36-32-13-11-24(18-35-32)29-5-4-14-37(29)3/h6-13,15,17-18,20,29H,4-5,14,16,19H2,1-3H3,(H,35,36). The molecule has 0 saturated carbocycles. The Labute approximate surface area is 228 Å². The third kappa shape index (κ3) is 6.04. The lowest BCUT2D eigenvalue weighted by Crippen LogP contribution is -2.22. The molecule has 5 rings (SSSR count). The number of Topliss-reactive ketones (excluding diaryl/α,β-unsaturated/α-hetero) is 2. The van der Waals surface area contributed by atoms with Crippen LogP contribution in [0.4, 0.5) is 10.2 Å². The first-order valence-corrected chi connectivity index (χ1v) is 13.4. The molecule has 1 saturated heterocycles. The number of carbonyl (C=O) groups excluding carboxylic acids is 2. The van der Waals surface area contributed by atoms with Gasteiger partial charge in [-0.3, -0.25) is 19.5 Å². The van der Waals surface area contributed by atoms with E-state index in [4.69, 9.17) is 0 Å². The topological polar surface area (TPSA) is 74.7 Å². The van der Waals surface area contributed by atoms with Crippen molar-refractivity contribution in [3.05, 3.63) is 106 Å². The average Bonchev–Trinajstić information content (AvgIpc) is 3.37. The number of dihydropyridines is 1. The minimum absolute atomic E-state index is 0.0209. The van der Waals surface area contributed by atoms with Crippen molar-refractivity contribution in [3.63, 3.8) is 0 Å². The van der Waals surface area contributed by atoms with Gasteiger partial charge in [0.2, 0.25) is 0 Å². The molecule has 0 radical (unpaired) electrons. The van der Waals surface area contributed by atoms with Crippen molar-refractivity contribution in [2.45, 2.75) is 45.1 Å². The SMILES string of the molecule is CC(C)c1ccc(C(=O)Cc2cc(C3=NCC(=O)C(Nc4ccc(C5CCCN5C)cn4)=C3)ccc2F)cc1. The first-order chi connectivity index (χ1) is 18.8. The maximum absolute atomic E-state index is 14.7. The third-order valence-corrected chi connectivity index (χ3v) is 7.52. The van der Waals surface area contributed by atoms with Crippen LogP contribution in [0.2, 0.25) is 0 Å². The molecule has 200 valence electrons. The van der Waals surface area contributed by atoms with Crippen LogP contribution in [0.3, 0.4) is 0 Å². The van der Waals surface area contributed by atoms with Crippen molar-refractivity contribution in [1.29, 1.82) is 0 Å². The van der Waals surface area contributed by atoms with Crippen molar-refractivity contribution < 1.29 is 14.0 Å². The smallest absolute Gasteiger partial charge is 0.200 e. The average molecular weight is 525 g/mol. The van der Waals surface area contributed by atoms with E-state index in [0.29, 0.717) is 45.9 Å². The van der Waals surface area contributed by atoms with Gasteiger partial charge in [0, 0.05) is 29.8 Å². The van der Waals surface area contributed by atoms with Crippen LogP contribution in [0.25, 0.3) is 0 Å². The van der Waals surface area contributed by atoms with Crippen molar-refractivity contribution in [1.82, 2.24) is 9.88 Å². The van der Waals surface area contributed by atoms with Gasteiger partial charge in [0.1, 0.15) is 18.2 Å². The van der Waals surface area contributed by atoms with E-state index in [0.717, 1.165) is 24.1 Å². The van der Waals surface area contributed by atoms with Gasteiger partial charge >= 0.3 is 0 Å². The van der Waals surface area contributed by atoms with Crippen LogP contribution in [0.15, 0.2) is 77.6 Å². The number of benzene rings is 2. The molecule has 2 aliphatic rings. The Balaban J connectivity index is 1.31. The minimum Gasteiger partial charge on any atom is -0.337 e. The molecule has 3 aromatic rings. The fourth-order valence-corrected chi connectivity index (χ4v) is 5.13. The number of hydrogen-bond acceptors (Lipinski definition) is 6. The van der Waals surface area contributed by atoms with Crippen LogP contribution in [0, 0.1) is 5.82 Å². The number of carbonyl (C=O) groups is 2. The van der Waals surface area contributed by atoms with Crippen LogP contribution in [0.5, 0.6) is 0 Å². The van der Waals surface area contributed by atoms with Gasteiger partial charge in [0.05, 0.1) is 11.4 Å². The molecule has 1 atom stereocenters. The third-order valence-electron chi connectivity index (χ3n) is 7.52. The van der Waals surface area contributed by atoms with Crippen molar-refractivity contribution in [2.24, 2.45) is 4.99 Å². The summed E-state index contributed by atoms with van der Waals surface area (Å²) in [6.07, 6.45) is 5.75. The number of pyridine rings is 1. The van der Waals surface area contributed by atoms with E-state index in [2.05, 4.69) is 41.1 Å². The zero-order chi connectivity index (χ0) is 27.5. The second-order valence-electron chi connectivity index (χ2n) is 10.6. The Morgan fingerprint density at radius 2 is 1.92 bits per heavy atom. The summed E-state index contributed by atoms with van der Waals surface area (Å²) in [6, 6.07) is 16.4. The largest absolute Gasteiger partial charge is 0.337 e. The zero-order valence-corrected chi connectivity index (χ0v) is 22.6. The predicted octanol–water partition coefficient (Wildman–Crippen LogP) is 5.90. The lowest BCUT2D eigenvalue weighted by molar-refractivity contribution is -0.114. The Bertz CT molecular complexity index is 1440. The Kier molecular flexibility index (Phi) is 7.79. The number of likely N-dealkylation sites (tertiary alicyclic amines) is 1. The highest BCUT2D eigenvalue weighted by Crippen LogP contribution is 2.30. The van der Waals surface area contributed by atoms with Crippen LogP contribution in [-0.4, -0.2) is 47.3 Å². The number of hydrogen-bond donors (Lipinski definition) is 1. The summed E-state index contributed by atoms with van der Waals surface area (Å²) in [7, 11) is 2.12. The number of anilines is 1. The number of nitrogens with zero attached hydrogens (tertiary/aromatic N) is 3. The van der Waals surface area contributed by atoms with Crippen molar-refractivity contribution >= 4 is 23.1 Å². The summed E-state index contributed by atoms with van der Waals surface area (Å²) in [5, 5.41) is 3.13. The maximum atomic E-state index is 14.7. The molecule has 2 aromatic carbocycles. The molecule has 0 aliphatic carbocycles. The lowest BCUT2D eigenvalue weighted by Gasteiger charge is -2.20. The Hall–Kier alpha value is -3.97. The number of ketones is 2. The molecule has 0 bridgehead atoms. The van der Waals surface area contributed by atoms with Crippen molar-refractivity contribution in [3.8, 4) is 0 Å². The fourth-order valence-electron chi connectivity index (χ4n) is 5.13. The molecule has 2 aliphatic heterocycles. The zero-order valence-electron chi connectivity index (χ0n) is 22.6. The highest BCUT2D eigenvalue weighted by atomic mass is 19.1. The van der Waals surface area contributed by atoms with E-state index in [1.54, 1.807) is 30.3 Å². The van der Waals surface area contributed by atoms with Crippen LogP contribution in [0.1, 0.15) is 71.3 Å². The molecule has 1 unspecified atom stereocenters. The summed E-state index contributed by atoms with van der Waals surface area (Å²) in [6.45, 7) is 5.25. The second kappa shape index (κ2) is 11.4. The summed E-state index contributed by atoms with van der Waals surface area (Å²) >= 11 is 0. The molecule has 0 spiro atoms. The van der Waals surface area contributed by atoms with Gasteiger partial charge in [-0.1, -0.05) is 44.2 Å². The monoisotopic (exact) mass is 524 g/mol. The first kappa shape index (κ1) is 26.6. The van der Waals surface area contributed by atoms with E-state index in [1.807, 2.05) is 30.5 Å². The molecule has 1 fully saturated rings. The van der Waals surface area contributed by atoms with Crippen molar-refractivity contribution in [2.75, 3.05) is 25.5 Å². The van der Waals surface area contributed by atoms with E-state index >= 15 is 0 Å². The number of nitrogens with one attached hydrogen (secondary N) is 1. The van der Waals surface area contributed by atoms with Gasteiger partial charge in [-0.2, -0.15) is 0 Å². The minimum atomic E-state index is -0.446. The van der Waals surface area contributed by atoms with E-state index in [-0.39, 0.29) is 24.5 Å².